The van der Waals surface area contributed by atoms with Crippen molar-refractivity contribution < 1.29 is 18.9 Å². The lowest BCUT2D eigenvalue weighted by Gasteiger charge is -2.23. The fraction of sp³-hybridized carbons (Fsp3) is 0.867. The van der Waals surface area contributed by atoms with E-state index in [1.807, 2.05) is 0 Å². The van der Waals surface area contributed by atoms with Crippen LogP contribution in [0.1, 0.15) is 38.5 Å². The molecular formula is C15H25BrO4. The predicted octanol–water partition coefficient (Wildman–Crippen LogP) is 3.39. The van der Waals surface area contributed by atoms with E-state index in [4.69, 9.17) is 18.9 Å². The lowest BCUT2D eigenvalue weighted by molar-refractivity contribution is -0.158. The highest BCUT2D eigenvalue weighted by Gasteiger charge is 2.15. The van der Waals surface area contributed by atoms with Crippen molar-refractivity contribution in [1.82, 2.24) is 0 Å². The van der Waals surface area contributed by atoms with Crippen molar-refractivity contribution in [2.75, 3.05) is 31.8 Å². The van der Waals surface area contributed by atoms with E-state index in [9.17, 15) is 0 Å². The van der Waals surface area contributed by atoms with Gasteiger partial charge in [0, 0.05) is 18.5 Å². The van der Waals surface area contributed by atoms with E-state index in [0.29, 0.717) is 13.2 Å². The fourth-order valence-electron chi connectivity index (χ4n) is 2.31. The number of halogens is 1. The normalized spacial score (nSPS) is 28.6. The summed E-state index contributed by atoms with van der Waals surface area (Å²) in [6.07, 6.45) is 8.71. The van der Waals surface area contributed by atoms with E-state index in [2.05, 4.69) is 22.0 Å². The summed E-state index contributed by atoms with van der Waals surface area (Å²) < 4.78 is 22.6. The highest BCUT2D eigenvalue weighted by molar-refractivity contribution is 9.09. The van der Waals surface area contributed by atoms with Crippen LogP contribution >= 0.6 is 15.9 Å². The number of ether oxygens (including phenoxy) is 4. The van der Waals surface area contributed by atoms with E-state index in [0.717, 1.165) is 44.2 Å². The second-order valence-electron chi connectivity index (χ2n) is 5.23. The van der Waals surface area contributed by atoms with E-state index in [1.54, 1.807) is 0 Å². The third kappa shape index (κ3) is 6.22. The molecule has 2 aliphatic rings. The molecule has 0 aromatic rings. The molecule has 0 bridgehead atoms. The van der Waals surface area contributed by atoms with Gasteiger partial charge in [-0.05, 0) is 44.1 Å². The summed E-state index contributed by atoms with van der Waals surface area (Å²) in [6, 6.07) is 0. The van der Waals surface area contributed by atoms with Gasteiger partial charge < -0.3 is 18.9 Å². The molecule has 20 heavy (non-hydrogen) atoms. The van der Waals surface area contributed by atoms with Gasteiger partial charge in [0.15, 0.2) is 12.6 Å². The smallest absolute Gasteiger partial charge is 0.158 e. The molecule has 5 heteroatoms. The molecule has 0 aliphatic carbocycles. The number of rotatable bonds is 7. The minimum absolute atomic E-state index is 0.0285. The van der Waals surface area contributed by atoms with Crippen LogP contribution in [-0.4, -0.2) is 44.3 Å². The van der Waals surface area contributed by atoms with Gasteiger partial charge in [0.25, 0.3) is 0 Å². The molecule has 0 spiro atoms. The molecule has 2 rings (SSSR count). The molecule has 0 saturated carbocycles. The zero-order valence-corrected chi connectivity index (χ0v) is 13.6. The Morgan fingerprint density at radius 3 is 2.20 bits per heavy atom. The van der Waals surface area contributed by atoms with Gasteiger partial charge in [-0.3, -0.25) is 0 Å². The van der Waals surface area contributed by atoms with Crippen molar-refractivity contribution in [1.29, 1.82) is 0 Å². The zero-order chi connectivity index (χ0) is 14.0. The minimum atomic E-state index is -0.0335. The van der Waals surface area contributed by atoms with E-state index in [1.165, 1.54) is 18.4 Å². The molecule has 2 atom stereocenters. The predicted molar refractivity (Wildman–Crippen MR) is 81.0 cm³/mol. The molecule has 2 fully saturated rings. The summed E-state index contributed by atoms with van der Waals surface area (Å²) in [7, 11) is 0. The van der Waals surface area contributed by atoms with Gasteiger partial charge in [-0.25, -0.2) is 0 Å². The summed E-state index contributed by atoms with van der Waals surface area (Å²) >= 11 is 3.49. The molecule has 2 aliphatic heterocycles. The highest BCUT2D eigenvalue weighted by atomic mass is 79.9. The summed E-state index contributed by atoms with van der Waals surface area (Å²) in [4.78, 5) is 0. The Bertz CT molecular complexity index is 284. The van der Waals surface area contributed by atoms with Gasteiger partial charge in [-0.2, -0.15) is 0 Å². The standard InChI is InChI=1S/C15H25BrO4/c16-11-13(12-20-15-6-2-4-9-18-15)7-10-19-14-5-1-3-8-17-14/h7,14-15H,1-6,8-12H2/b13-7+. The maximum atomic E-state index is 5.77. The first-order valence-electron chi connectivity index (χ1n) is 7.59. The maximum absolute atomic E-state index is 5.77. The average Bonchev–Trinajstić information content (AvgIpc) is 2.52. The van der Waals surface area contributed by atoms with Gasteiger partial charge in [0.1, 0.15) is 0 Å². The highest BCUT2D eigenvalue weighted by Crippen LogP contribution is 2.16. The van der Waals surface area contributed by atoms with Crippen molar-refractivity contribution in [3.8, 4) is 0 Å². The van der Waals surface area contributed by atoms with Crippen LogP contribution in [0.4, 0.5) is 0 Å². The van der Waals surface area contributed by atoms with Crippen LogP contribution in [0.2, 0.25) is 0 Å². The lowest BCUT2D eigenvalue weighted by Crippen LogP contribution is -2.24. The number of alkyl halides is 1. The first kappa shape index (κ1) is 16.4. The van der Waals surface area contributed by atoms with Crippen molar-refractivity contribution in [3.63, 3.8) is 0 Å². The second-order valence-corrected chi connectivity index (χ2v) is 5.79. The van der Waals surface area contributed by atoms with E-state index in [-0.39, 0.29) is 12.6 Å². The van der Waals surface area contributed by atoms with E-state index < -0.39 is 0 Å². The first-order chi connectivity index (χ1) is 9.88. The molecule has 0 aromatic heterocycles. The van der Waals surface area contributed by atoms with Crippen LogP contribution in [0.25, 0.3) is 0 Å². The van der Waals surface area contributed by atoms with Gasteiger partial charge in [0.2, 0.25) is 0 Å². The number of hydrogen-bond acceptors (Lipinski definition) is 4. The average molecular weight is 349 g/mol. The SMILES string of the molecule is BrC/C(=C\COC1CCCCO1)COC1CCCCO1. The van der Waals surface area contributed by atoms with Crippen LogP contribution in [0, 0.1) is 0 Å². The maximum Gasteiger partial charge on any atom is 0.158 e. The molecule has 2 saturated heterocycles. The minimum Gasteiger partial charge on any atom is -0.353 e. The van der Waals surface area contributed by atoms with Crippen LogP contribution in [-0.2, 0) is 18.9 Å². The third-order valence-electron chi connectivity index (χ3n) is 3.56. The largest absolute Gasteiger partial charge is 0.353 e. The zero-order valence-electron chi connectivity index (χ0n) is 12.0. The summed E-state index contributed by atoms with van der Waals surface area (Å²) in [6.45, 7) is 2.83. The Balaban J connectivity index is 1.63. The summed E-state index contributed by atoms with van der Waals surface area (Å²) in [5, 5.41) is 0.800. The van der Waals surface area contributed by atoms with Crippen LogP contribution in [0.5, 0.6) is 0 Å². The van der Waals surface area contributed by atoms with Crippen LogP contribution < -0.4 is 0 Å². The molecule has 0 amide bonds. The van der Waals surface area contributed by atoms with Crippen molar-refractivity contribution in [2.45, 2.75) is 51.1 Å². The van der Waals surface area contributed by atoms with Gasteiger partial charge in [0.05, 0.1) is 13.2 Å². The van der Waals surface area contributed by atoms with Gasteiger partial charge >= 0.3 is 0 Å². The Morgan fingerprint density at radius 2 is 1.65 bits per heavy atom. The summed E-state index contributed by atoms with van der Waals surface area (Å²) in [5.74, 6) is 0. The molecule has 2 heterocycles. The second kappa shape index (κ2) is 9.90. The number of hydrogen-bond donors (Lipinski definition) is 0. The molecule has 4 nitrogen and oxygen atoms in total. The van der Waals surface area contributed by atoms with Crippen molar-refractivity contribution in [3.05, 3.63) is 11.6 Å². The topological polar surface area (TPSA) is 36.9 Å². The Hall–Kier alpha value is 0.0600. The monoisotopic (exact) mass is 348 g/mol. The molecule has 116 valence electrons. The Kier molecular flexibility index (Phi) is 8.13. The van der Waals surface area contributed by atoms with Gasteiger partial charge in [-0.1, -0.05) is 22.0 Å². The lowest BCUT2D eigenvalue weighted by atomic mass is 10.2. The molecule has 2 unspecified atom stereocenters. The third-order valence-corrected chi connectivity index (χ3v) is 4.28. The first-order valence-corrected chi connectivity index (χ1v) is 8.71. The van der Waals surface area contributed by atoms with Crippen LogP contribution in [0.15, 0.2) is 11.6 Å². The Labute approximate surface area is 129 Å². The van der Waals surface area contributed by atoms with Crippen LogP contribution in [0.3, 0.4) is 0 Å². The molecular weight excluding hydrogens is 324 g/mol. The molecule has 0 N–H and O–H groups in total. The van der Waals surface area contributed by atoms with E-state index >= 15 is 0 Å². The van der Waals surface area contributed by atoms with Crippen molar-refractivity contribution in [2.24, 2.45) is 0 Å². The quantitative estimate of drug-likeness (QED) is 0.522. The summed E-state index contributed by atoms with van der Waals surface area (Å²) in [5.41, 5.74) is 1.19. The molecule has 0 radical (unpaired) electrons. The fourth-order valence-corrected chi connectivity index (χ4v) is 2.70. The Morgan fingerprint density at radius 1 is 1.00 bits per heavy atom. The molecule has 0 aromatic carbocycles. The van der Waals surface area contributed by atoms with Gasteiger partial charge in [-0.15, -0.1) is 0 Å². The van der Waals surface area contributed by atoms with Crippen molar-refractivity contribution >= 4 is 15.9 Å².